The highest BCUT2D eigenvalue weighted by Crippen LogP contribution is 2.28. The molecule has 0 saturated carbocycles. The molecule has 1 aliphatic rings. The van der Waals surface area contributed by atoms with Crippen molar-refractivity contribution < 1.29 is 4.74 Å². The quantitative estimate of drug-likeness (QED) is 0.746. The van der Waals surface area contributed by atoms with Gasteiger partial charge in [0.25, 0.3) is 0 Å². The second-order valence-corrected chi connectivity index (χ2v) is 3.99. The number of pyridine rings is 1. The van der Waals surface area contributed by atoms with Crippen molar-refractivity contribution >= 4 is 11.6 Å². The van der Waals surface area contributed by atoms with Gasteiger partial charge >= 0.3 is 0 Å². The third-order valence-electron chi connectivity index (χ3n) is 2.84. The van der Waals surface area contributed by atoms with Gasteiger partial charge in [-0.15, -0.1) is 0 Å². The van der Waals surface area contributed by atoms with Gasteiger partial charge in [0.1, 0.15) is 12.3 Å². The van der Waals surface area contributed by atoms with Gasteiger partial charge in [0, 0.05) is 11.8 Å². The average molecular weight is 224 g/mol. The zero-order chi connectivity index (χ0) is 11.7. The normalized spacial score (nSPS) is 13.6. The molecule has 84 valence electrons. The van der Waals surface area contributed by atoms with E-state index >= 15 is 0 Å². The molecular weight excluding hydrogens is 212 g/mol. The molecule has 0 radical (unpaired) electrons. The van der Waals surface area contributed by atoms with Crippen molar-refractivity contribution in [3.63, 3.8) is 0 Å². The molecule has 0 saturated heterocycles. The summed E-state index contributed by atoms with van der Waals surface area (Å²) in [6.07, 6.45) is 1.74. The fourth-order valence-electron chi connectivity index (χ4n) is 1.88. The lowest BCUT2D eigenvalue weighted by Crippen LogP contribution is -2.13. The van der Waals surface area contributed by atoms with Crippen LogP contribution < -0.4 is 0 Å². The van der Waals surface area contributed by atoms with Gasteiger partial charge in [-0.2, -0.15) is 0 Å². The number of aryl methyl sites for hydroxylation is 1. The van der Waals surface area contributed by atoms with E-state index in [1.165, 1.54) is 5.56 Å². The summed E-state index contributed by atoms with van der Waals surface area (Å²) in [6, 6.07) is 11.8. The predicted octanol–water partition coefficient (Wildman–Crippen LogP) is 3.00. The number of rotatable bonds is 1. The molecule has 0 N–H and O–H groups in total. The van der Waals surface area contributed by atoms with Gasteiger partial charge in [0.2, 0.25) is 5.90 Å². The van der Waals surface area contributed by atoms with Crippen LogP contribution in [0.2, 0.25) is 0 Å². The first-order valence-corrected chi connectivity index (χ1v) is 5.56. The number of hydrogen-bond acceptors (Lipinski definition) is 3. The first kappa shape index (κ1) is 10.0. The van der Waals surface area contributed by atoms with Crippen LogP contribution >= 0.6 is 0 Å². The molecule has 2 aromatic rings. The maximum absolute atomic E-state index is 5.66. The molecule has 3 heteroatoms. The van der Waals surface area contributed by atoms with E-state index in [2.05, 4.69) is 23.0 Å². The number of aliphatic imine (C=N–C) groups is 1. The third kappa shape index (κ3) is 1.80. The van der Waals surface area contributed by atoms with Crippen LogP contribution in [0.5, 0.6) is 0 Å². The monoisotopic (exact) mass is 224 g/mol. The lowest BCUT2D eigenvalue weighted by Gasteiger charge is -2.17. The summed E-state index contributed by atoms with van der Waals surface area (Å²) in [4.78, 5) is 8.75. The Kier molecular flexibility index (Phi) is 2.37. The van der Waals surface area contributed by atoms with E-state index in [1.54, 1.807) is 6.20 Å². The molecule has 0 bridgehead atoms. The van der Waals surface area contributed by atoms with Crippen LogP contribution in [0.4, 0.5) is 5.69 Å². The van der Waals surface area contributed by atoms with Crippen LogP contribution in [0, 0.1) is 6.92 Å². The zero-order valence-corrected chi connectivity index (χ0v) is 9.55. The van der Waals surface area contributed by atoms with Gasteiger partial charge in [-0.25, -0.2) is 4.99 Å². The molecule has 0 amide bonds. The smallest absolute Gasteiger partial charge is 0.240 e. The SMILES string of the molecule is Cc1cccc2c1COC(c1ccccn1)=N2. The van der Waals surface area contributed by atoms with Crippen molar-refractivity contribution in [2.45, 2.75) is 13.5 Å². The van der Waals surface area contributed by atoms with E-state index in [1.807, 2.05) is 30.3 Å². The fraction of sp³-hybridized carbons (Fsp3) is 0.143. The molecule has 0 fully saturated rings. The van der Waals surface area contributed by atoms with Crippen LogP contribution in [0.15, 0.2) is 47.6 Å². The predicted molar refractivity (Wildman–Crippen MR) is 66.4 cm³/mol. The fourth-order valence-corrected chi connectivity index (χ4v) is 1.88. The molecule has 3 rings (SSSR count). The Hall–Kier alpha value is -2.16. The Labute approximate surface area is 99.8 Å². The van der Waals surface area contributed by atoms with Gasteiger partial charge in [-0.3, -0.25) is 4.98 Å². The van der Waals surface area contributed by atoms with E-state index in [0.29, 0.717) is 12.5 Å². The molecule has 0 aliphatic carbocycles. The van der Waals surface area contributed by atoms with Crippen LogP contribution in [0.25, 0.3) is 0 Å². The molecule has 1 aliphatic heterocycles. The summed E-state index contributed by atoms with van der Waals surface area (Å²) >= 11 is 0. The molecule has 1 aromatic heterocycles. The first-order chi connectivity index (χ1) is 8.34. The Balaban J connectivity index is 2.07. The molecule has 1 aromatic carbocycles. The highest BCUT2D eigenvalue weighted by atomic mass is 16.5. The van der Waals surface area contributed by atoms with Gasteiger partial charge < -0.3 is 4.74 Å². The number of benzene rings is 1. The van der Waals surface area contributed by atoms with E-state index < -0.39 is 0 Å². The Morgan fingerprint density at radius 1 is 1.12 bits per heavy atom. The highest BCUT2D eigenvalue weighted by Gasteiger charge is 2.16. The standard InChI is InChI=1S/C14H12N2O/c1-10-5-4-7-12-11(10)9-17-14(16-12)13-6-2-3-8-15-13/h2-8H,9H2,1H3. The lowest BCUT2D eigenvalue weighted by molar-refractivity contribution is 0.286. The maximum Gasteiger partial charge on any atom is 0.240 e. The molecule has 17 heavy (non-hydrogen) atoms. The van der Waals surface area contributed by atoms with Crippen molar-refractivity contribution in [1.29, 1.82) is 0 Å². The van der Waals surface area contributed by atoms with Crippen molar-refractivity contribution in [1.82, 2.24) is 4.98 Å². The second kappa shape index (κ2) is 4.01. The maximum atomic E-state index is 5.66. The van der Waals surface area contributed by atoms with Crippen LogP contribution in [-0.4, -0.2) is 10.9 Å². The molecule has 0 unspecified atom stereocenters. The van der Waals surface area contributed by atoms with Gasteiger partial charge in [-0.05, 0) is 30.7 Å². The highest BCUT2D eigenvalue weighted by molar-refractivity contribution is 5.95. The Morgan fingerprint density at radius 2 is 2.06 bits per heavy atom. The summed E-state index contributed by atoms with van der Waals surface area (Å²) < 4.78 is 5.66. The number of nitrogens with zero attached hydrogens (tertiary/aromatic N) is 2. The lowest BCUT2D eigenvalue weighted by atomic mass is 10.1. The number of aromatic nitrogens is 1. The van der Waals surface area contributed by atoms with Gasteiger partial charge in [0.05, 0.1) is 5.69 Å². The van der Waals surface area contributed by atoms with E-state index in [4.69, 9.17) is 4.74 Å². The van der Waals surface area contributed by atoms with Crippen molar-refractivity contribution in [2.24, 2.45) is 4.99 Å². The summed E-state index contributed by atoms with van der Waals surface area (Å²) in [5.41, 5.74) is 4.13. The first-order valence-electron chi connectivity index (χ1n) is 5.56. The van der Waals surface area contributed by atoms with E-state index in [0.717, 1.165) is 16.9 Å². The minimum Gasteiger partial charge on any atom is -0.471 e. The summed E-state index contributed by atoms with van der Waals surface area (Å²) in [5, 5.41) is 0. The van der Waals surface area contributed by atoms with Crippen molar-refractivity contribution in [3.8, 4) is 0 Å². The number of fused-ring (bicyclic) bond motifs is 1. The Bertz CT molecular complexity index is 576. The molecular formula is C14H12N2O. The van der Waals surface area contributed by atoms with Crippen LogP contribution in [0.1, 0.15) is 16.8 Å². The van der Waals surface area contributed by atoms with Gasteiger partial charge in [-0.1, -0.05) is 18.2 Å². The van der Waals surface area contributed by atoms with Crippen LogP contribution in [0.3, 0.4) is 0 Å². The van der Waals surface area contributed by atoms with Crippen molar-refractivity contribution in [3.05, 3.63) is 59.4 Å². The topological polar surface area (TPSA) is 34.5 Å². The van der Waals surface area contributed by atoms with Gasteiger partial charge in [0.15, 0.2) is 0 Å². The number of ether oxygens (including phenoxy) is 1. The Morgan fingerprint density at radius 3 is 2.88 bits per heavy atom. The van der Waals surface area contributed by atoms with E-state index in [9.17, 15) is 0 Å². The molecule has 0 atom stereocenters. The zero-order valence-electron chi connectivity index (χ0n) is 9.55. The van der Waals surface area contributed by atoms with Crippen molar-refractivity contribution in [2.75, 3.05) is 0 Å². The van der Waals surface area contributed by atoms with Crippen LogP contribution in [-0.2, 0) is 11.3 Å². The largest absolute Gasteiger partial charge is 0.471 e. The average Bonchev–Trinajstić information content (AvgIpc) is 2.40. The van der Waals surface area contributed by atoms with E-state index in [-0.39, 0.29) is 0 Å². The second-order valence-electron chi connectivity index (χ2n) is 3.99. The molecule has 2 heterocycles. The third-order valence-corrected chi connectivity index (χ3v) is 2.84. The summed E-state index contributed by atoms with van der Waals surface area (Å²) in [6.45, 7) is 2.64. The minimum atomic E-state index is 0.567. The number of hydrogen-bond donors (Lipinski definition) is 0. The molecule has 0 spiro atoms. The minimum absolute atomic E-state index is 0.567. The summed E-state index contributed by atoms with van der Waals surface area (Å²) in [7, 11) is 0. The molecule has 3 nitrogen and oxygen atoms in total. The summed E-state index contributed by atoms with van der Waals surface area (Å²) in [5.74, 6) is 0.601.